The lowest BCUT2D eigenvalue weighted by Crippen LogP contribution is -2.30. The number of carbonyl (C=O) groups excluding carboxylic acids is 2. The molecule has 3 rings (SSSR count). The summed E-state index contributed by atoms with van der Waals surface area (Å²) >= 11 is 1.26. The summed E-state index contributed by atoms with van der Waals surface area (Å²) in [6.07, 6.45) is 0.636. The fourth-order valence-electron chi connectivity index (χ4n) is 2.58. The molecular weight excluding hydrogens is 424 g/mol. The highest BCUT2D eigenvalue weighted by molar-refractivity contribution is 7.13. The molecule has 0 bridgehead atoms. The van der Waals surface area contributed by atoms with Gasteiger partial charge >= 0.3 is 0 Å². The van der Waals surface area contributed by atoms with E-state index in [1.54, 1.807) is 23.7 Å². The molecule has 0 aliphatic heterocycles. The summed E-state index contributed by atoms with van der Waals surface area (Å²) in [5, 5.41) is 18.6. The van der Waals surface area contributed by atoms with Crippen molar-refractivity contribution < 1.29 is 24.0 Å². The number of hydrogen-bond acceptors (Lipinski definition) is 8. The zero-order valence-electron chi connectivity index (χ0n) is 16.5. The van der Waals surface area contributed by atoms with Crippen LogP contribution in [0.4, 0.5) is 16.5 Å². The molecule has 0 aliphatic rings. The van der Waals surface area contributed by atoms with E-state index in [1.165, 1.54) is 55.7 Å². The number of anilines is 2. The van der Waals surface area contributed by atoms with E-state index >= 15 is 0 Å². The first kappa shape index (κ1) is 21.7. The van der Waals surface area contributed by atoms with Crippen LogP contribution in [0.3, 0.4) is 0 Å². The standard InChI is InChI=1S/C20H18N4O6S/c1-12(18(25)23-20-21-9-10-31-20)30-17-6-4-3-5-14(17)19(26)22-15-8-7-13(29-2)11-16(15)24(27)28/h3-12H,1-2H3,(H,22,26)(H,21,23,25). The molecule has 10 nitrogen and oxygen atoms in total. The van der Waals surface area contributed by atoms with Crippen molar-refractivity contribution in [2.75, 3.05) is 17.7 Å². The molecule has 2 amide bonds. The number of carbonyl (C=O) groups is 2. The van der Waals surface area contributed by atoms with Crippen LogP contribution < -0.4 is 20.1 Å². The molecule has 11 heteroatoms. The Bertz CT molecular complexity index is 1100. The van der Waals surface area contributed by atoms with Gasteiger partial charge in [-0.2, -0.15) is 0 Å². The number of thiazole rings is 1. The lowest BCUT2D eigenvalue weighted by molar-refractivity contribution is -0.384. The van der Waals surface area contributed by atoms with Crippen LogP contribution in [-0.4, -0.2) is 34.9 Å². The second kappa shape index (κ2) is 9.67. The van der Waals surface area contributed by atoms with Crippen LogP contribution >= 0.6 is 11.3 Å². The fourth-order valence-corrected chi connectivity index (χ4v) is 3.11. The number of benzene rings is 2. The molecular formula is C20H18N4O6S. The third-order valence-electron chi connectivity index (χ3n) is 4.12. The predicted molar refractivity (Wildman–Crippen MR) is 115 cm³/mol. The number of hydrogen-bond donors (Lipinski definition) is 2. The zero-order chi connectivity index (χ0) is 22.4. The number of nitro groups is 1. The Morgan fingerprint density at radius 3 is 2.65 bits per heavy atom. The van der Waals surface area contributed by atoms with Crippen molar-refractivity contribution in [3.63, 3.8) is 0 Å². The number of methoxy groups -OCH3 is 1. The van der Waals surface area contributed by atoms with Crippen LogP contribution in [0.25, 0.3) is 0 Å². The Hall–Kier alpha value is -3.99. The summed E-state index contributed by atoms with van der Waals surface area (Å²) in [5.41, 5.74) is -0.205. The van der Waals surface area contributed by atoms with Crippen LogP contribution in [-0.2, 0) is 4.79 Å². The number of rotatable bonds is 8. The van der Waals surface area contributed by atoms with E-state index in [0.717, 1.165) is 0 Å². The second-order valence-electron chi connectivity index (χ2n) is 6.18. The molecule has 31 heavy (non-hydrogen) atoms. The topological polar surface area (TPSA) is 133 Å². The van der Waals surface area contributed by atoms with E-state index in [-0.39, 0.29) is 28.4 Å². The molecule has 2 aromatic carbocycles. The SMILES string of the molecule is COc1ccc(NC(=O)c2ccccc2OC(C)C(=O)Nc2nccs2)c([N+](=O)[O-])c1. The molecule has 3 aromatic rings. The van der Waals surface area contributed by atoms with Gasteiger partial charge in [0, 0.05) is 11.6 Å². The first-order chi connectivity index (χ1) is 14.9. The highest BCUT2D eigenvalue weighted by Crippen LogP contribution is 2.30. The summed E-state index contributed by atoms with van der Waals surface area (Å²) in [6.45, 7) is 1.53. The predicted octanol–water partition coefficient (Wildman–Crippen LogP) is 3.72. The fraction of sp³-hybridized carbons (Fsp3) is 0.150. The van der Waals surface area contributed by atoms with Crippen molar-refractivity contribution in [3.05, 3.63) is 69.7 Å². The average Bonchev–Trinajstić information content (AvgIpc) is 3.27. The number of nitrogens with one attached hydrogen (secondary N) is 2. The van der Waals surface area contributed by atoms with E-state index in [2.05, 4.69) is 15.6 Å². The van der Waals surface area contributed by atoms with E-state index in [9.17, 15) is 19.7 Å². The number of aromatic nitrogens is 1. The maximum absolute atomic E-state index is 12.8. The van der Waals surface area contributed by atoms with Crippen LogP contribution in [0.5, 0.6) is 11.5 Å². The number of ether oxygens (including phenoxy) is 2. The summed E-state index contributed by atoms with van der Waals surface area (Å²) in [4.78, 5) is 39.8. The number of para-hydroxylation sites is 1. The van der Waals surface area contributed by atoms with Crippen molar-refractivity contribution in [2.45, 2.75) is 13.0 Å². The number of amides is 2. The quantitative estimate of drug-likeness (QED) is 0.401. The normalized spacial score (nSPS) is 11.3. The minimum absolute atomic E-state index is 0.000152. The van der Waals surface area contributed by atoms with Gasteiger partial charge in [-0.1, -0.05) is 12.1 Å². The smallest absolute Gasteiger partial charge is 0.296 e. The van der Waals surface area contributed by atoms with Gasteiger partial charge in [-0.15, -0.1) is 11.3 Å². The minimum Gasteiger partial charge on any atom is -0.496 e. The van der Waals surface area contributed by atoms with Crippen molar-refractivity contribution >= 4 is 39.7 Å². The minimum atomic E-state index is -0.923. The Kier molecular flexibility index (Phi) is 6.78. The third kappa shape index (κ3) is 5.34. The monoisotopic (exact) mass is 442 g/mol. The first-order valence-corrected chi connectivity index (χ1v) is 9.87. The lowest BCUT2D eigenvalue weighted by atomic mass is 10.1. The molecule has 0 saturated carbocycles. The highest BCUT2D eigenvalue weighted by atomic mass is 32.1. The van der Waals surface area contributed by atoms with Crippen LogP contribution in [0.2, 0.25) is 0 Å². The van der Waals surface area contributed by atoms with Gasteiger partial charge in [0.05, 0.1) is 23.7 Å². The van der Waals surface area contributed by atoms with Gasteiger partial charge in [0.2, 0.25) is 0 Å². The van der Waals surface area contributed by atoms with Gasteiger partial charge in [-0.3, -0.25) is 25.0 Å². The first-order valence-electron chi connectivity index (χ1n) is 8.99. The Balaban J connectivity index is 1.77. The van der Waals surface area contributed by atoms with Gasteiger partial charge in [0.15, 0.2) is 11.2 Å². The van der Waals surface area contributed by atoms with E-state index in [1.807, 2.05) is 0 Å². The van der Waals surface area contributed by atoms with Crippen molar-refractivity contribution in [1.29, 1.82) is 0 Å². The highest BCUT2D eigenvalue weighted by Gasteiger charge is 2.22. The third-order valence-corrected chi connectivity index (χ3v) is 4.81. The summed E-state index contributed by atoms with van der Waals surface area (Å²) in [7, 11) is 1.39. The summed E-state index contributed by atoms with van der Waals surface area (Å²) in [5.74, 6) is -0.626. The molecule has 0 radical (unpaired) electrons. The molecule has 0 fully saturated rings. The second-order valence-corrected chi connectivity index (χ2v) is 7.07. The van der Waals surface area contributed by atoms with Crippen molar-refractivity contribution in [2.24, 2.45) is 0 Å². The molecule has 1 atom stereocenters. The van der Waals surface area contributed by atoms with Crippen molar-refractivity contribution in [3.8, 4) is 11.5 Å². The maximum atomic E-state index is 12.8. The largest absolute Gasteiger partial charge is 0.496 e. The van der Waals surface area contributed by atoms with E-state index in [0.29, 0.717) is 5.13 Å². The van der Waals surface area contributed by atoms with Crippen LogP contribution in [0.15, 0.2) is 54.0 Å². The Labute approximate surface area is 181 Å². The number of nitro benzene ring substituents is 1. The number of nitrogens with zero attached hydrogens (tertiary/aromatic N) is 2. The lowest BCUT2D eigenvalue weighted by Gasteiger charge is -2.16. The Morgan fingerprint density at radius 2 is 1.97 bits per heavy atom. The van der Waals surface area contributed by atoms with Gasteiger partial charge < -0.3 is 14.8 Å². The van der Waals surface area contributed by atoms with Gasteiger partial charge in [0.1, 0.15) is 17.2 Å². The molecule has 2 N–H and O–H groups in total. The molecule has 1 heterocycles. The van der Waals surface area contributed by atoms with Gasteiger partial charge in [0.25, 0.3) is 17.5 Å². The van der Waals surface area contributed by atoms with E-state index in [4.69, 9.17) is 9.47 Å². The maximum Gasteiger partial charge on any atom is 0.296 e. The molecule has 0 aliphatic carbocycles. The molecule has 160 valence electrons. The zero-order valence-corrected chi connectivity index (χ0v) is 17.3. The van der Waals surface area contributed by atoms with Gasteiger partial charge in [-0.25, -0.2) is 4.98 Å². The van der Waals surface area contributed by atoms with Crippen LogP contribution in [0, 0.1) is 10.1 Å². The summed E-state index contributed by atoms with van der Waals surface area (Å²) in [6, 6.07) is 10.4. The Morgan fingerprint density at radius 1 is 1.19 bits per heavy atom. The molecule has 0 saturated heterocycles. The van der Waals surface area contributed by atoms with Crippen LogP contribution in [0.1, 0.15) is 17.3 Å². The molecule has 1 aromatic heterocycles. The molecule has 0 spiro atoms. The average molecular weight is 442 g/mol. The molecule has 1 unspecified atom stereocenters. The van der Waals surface area contributed by atoms with E-state index < -0.39 is 22.8 Å². The van der Waals surface area contributed by atoms with Gasteiger partial charge in [-0.05, 0) is 31.2 Å². The van der Waals surface area contributed by atoms with Crippen molar-refractivity contribution in [1.82, 2.24) is 4.98 Å². The summed E-state index contributed by atoms with van der Waals surface area (Å²) < 4.78 is 10.7.